The van der Waals surface area contributed by atoms with Crippen LogP contribution in [0.1, 0.15) is 28.0 Å². The van der Waals surface area contributed by atoms with Crippen molar-refractivity contribution in [3.8, 4) is 5.75 Å². The van der Waals surface area contributed by atoms with Crippen molar-refractivity contribution in [2.45, 2.75) is 20.0 Å². The van der Waals surface area contributed by atoms with Crippen LogP contribution in [-0.2, 0) is 13.0 Å². The van der Waals surface area contributed by atoms with Crippen LogP contribution >= 0.6 is 22.9 Å². The Balaban J connectivity index is 2.05. The highest BCUT2D eigenvalue weighted by Crippen LogP contribution is 2.26. The second kappa shape index (κ2) is 6.04. The molecule has 0 aliphatic rings. The van der Waals surface area contributed by atoms with E-state index >= 15 is 0 Å². The standard InChI is InChI=1S/C13H12ClNO3S/c1-2-12-15-9(7-19-12)6-18-11-4-3-8(13(16)17)5-10(11)14/h3-5,7H,2,6H2,1H3,(H,16,17). The van der Waals surface area contributed by atoms with Gasteiger partial charge >= 0.3 is 5.97 Å². The van der Waals surface area contributed by atoms with Crippen molar-refractivity contribution in [1.82, 2.24) is 4.98 Å². The number of nitrogens with zero attached hydrogens (tertiary/aromatic N) is 1. The first-order valence-electron chi connectivity index (χ1n) is 5.69. The number of carboxylic acids is 1. The van der Waals surface area contributed by atoms with Crippen LogP contribution in [0.5, 0.6) is 5.75 Å². The molecule has 6 heteroatoms. The molecule has 0 saturated heterocycles. The molecule has 0 radical (unpaired) electrons. The number of aromatic carboxylic acids is 1. The summed E-state index contributed by atoms with van der Waals surface area (Å²) in [5.41, 5.74) is 0.986. The Hall–Kier alpha value is -1.59. The van der Waals surface area contributed by atoms with Crippen LogP contribution in [0.15, 0.2) is 23.6 Å². The normalized spacial score (nSPS) is 10.4. The summed E-state index contributed by atoms with van der Waals surface area (Å²) >= 11 is 7.56. The fourth-order valence-electron chi connectivity index (χ4n) is 1.48. The Morgan fingerprint density at radius 3 is 2.89 bits per heavy atom. The molecule has 0 bridgehead atoms. The second-order valence-electron chi connectivity index (χ2n) is 3.83. The zero-order valence-corrected chi connectivity index (χ0v) is 11.8. The number of ether oxygens (including phenoxy) is 1. The molecule has 1 aromatic carbocycles. The van der Waals surface area contributed by atoms with Crippen molar-refractivity contribution in [1.29, 1.82) is 0 Å². The lowest BCUT2D eigenvalue weighted by atomic mass is 10.2. The monoisotopic (exact) mass is 297 g/mol. The van der Waals surface area contributed by atoms with Gasteiger partial charge in [0.1, 0.15) is 12.4 Å². The van der Waals surface area contributed by atoms with Crippen LogP contribution in [0, 0.1) is 0 Å². The van der Waals surface area contributed by atoms with Crippen molar-refractivity contribution in [2.24, 2.45) is 0 Å². The van der Waals surface area contributed by atoms with Gasteiger partial charge in [0, 0.05) is 5.38 Å². The minimum atomic E-state index is -1.01. The van der Waals surface area contributed by atoms with Gasteiger partial charge in [-0.2, -0.15) is 0 Å². The smallest absolute Gasteiger partial charge is 0.335 e. The molecular formula is C13H12ClNO3S. The minimum absolute atomic E-state index is 0.138. The van der Waals surface area contributed by atoms with Gasteiger partial charge in [-0.25, -0.2) is 9.78 Å². The Morgan fingerprint density at radius 1 is 1.53 bits per heavy atom. The van der Waals surface area contributed by atoms with E-state index < -0.39 is 5.97 Å². The molecule has 0 spiro atoms. The summed E-state index contributed by atoms with van der Waals surface area (Å²) < 4.78 is 5.53. The van der Waals surface area contributed by atoms with Gasteiger partial charge in [-0.1, -0.05) is 18.5 Å². The Morgan fingerprint density at radius 2 is 2.32 bits per heavy atom. The SMILES string of the molecule is CCc1nc(COc2ccc(C(=O)O)cc2Cl)cs1. The number of carbonyl (C=O) groups is 1. The third-order valence-electron chi connectivity index (χ3n) is 2.46. The lowest BCUT2D eigenvalue weighted by Crippen LogP contribution is -1.99. The number of aryl methyl sites for hydroxylation is 1. The number of aromatic nitrogens is 1. The van der Waals surface area contributed by atoms with Gasteiger partial charge in [0.25, 0.3) is 0 Å². The van der Waals surface area contributed by atoms with E-state index in [9.17, 15) is 4.79 Å². The van der Waals surface area contributed by atoms with Gasteiger partial charge in [0.15, 0.2) is 0 Å². The molecule has 0 unspecified atom stereocenters. The largest absolute Gasteiger partial charge is 0.486 e. The molecule has 0 fully saturated rings. The van der Waals surface area contributed by atoms with Crippen LogP contribution in [0.2, 0.25) is 5.02 Å². The Labute approximate surface area is 119 Å². The number of benzene rings is 1. The molecule has 0 atom stereocenters. The molecule has 19 heavy (non-hydrogen) atoms. The maximum atomic E-state index is 10.8. The van der Waals surface area contributed by atoms with Crippen molar-refractivity contribution < 1.29 is 14.6 Å². The van der Waals surface area contributed by atoms with Gasteiger partial charge in [0.2, 0.25) is 0 Å². The van der Waals surface area contributed by atoms with Gasteiger partial charge in [-0.05, 0) is 24.6 Å². The highest BCUT2D eigenvalue weighted by Gasteiger charge is 2.09. The second-order valence-corrected chi connectivity index (χ2v) is 5.18. The molecule has 100 valence electrons. The molecule has 0 aliphatic heterocycles. The predicted octanol–water partition coefficient (Wildman–Crippen LogP) is 3.64. The van der Waals surface area contributed by atoms with Crippen LogP contribution in [0.3, 0.4) is 0 Å². The zero-order valence-electron chi connectivity index (χ0n) is 10.2. The highest BCUT2D eigenvalue weighted by molar-refractivity contribution is 7.09. The van der Waals surface area contributed by atoms with Crippen LogP contribution < -0.4 is 4.74 Å². The molecule has 2 rings (SSSR count). The number of halogens is 1. The minimum Gasteiger partial charge on any atom is -0.486 e. The summed E-state index contributed by atoms with van der Waals surface area (Å²) in [6.07, 6.45) is 0.902. The first-order chi connectivity index (χ1) is 9.10. The topological polar surface area (TPSA) is 59.4 Å². The molecular weight excluding hydrogens is 286 g/mol. The summed E-state index contributed by atoms with van der Waals surface area (Å²) in [6.45, 7) is 2.37. The summed E-state index contributed by atoms with van der Waals surface area (Å²) in [7, 11) is 0. The zero-order chi connectivity index (χ0) is 13.8. The number of hydrogen-bond donors (Lipinski definition) is 1. The Kier molecular flexibility index (Phi) is 4.39. The van der Waals surface area contributed by atoms with E-state index in [0.29, 0.717) is 12.4 Å². The van der Waals surface area contributed by atoms with Gasteiger partial charge < -0.3 is 9.84 Å². The summed E-state index contributed by atoms with van der Waals surface area (Å²) in [4.78, 5) is 15.1. The van der Waals surface area contributed by atoms with Crippen LogP contribution in [-0.4, -0.2) is 16.1 Å². The number of hydrogen-bond acceptors (Lipinski definition) is 4. The van der Waals surface area contributed by atoms with E-state index in [-0.39, 0.29) is 10.6 Å². The van der Waals surface area contributed by atoms with Crippen LogP contribution in [0.4, 0.5) is 0 Å². The molecule has 0 aliphatic carbocycles. The summed E-state index contributed by atoms with van der Waals surface area (Å²) in [6, 6.07) is 4.39. The predicted molar refractivity (Wildman–Crippen MR) is 74.2 cm³/mol. The van der Waals surface area contributed by atoms with E-state index in [1.807, 2.05) is 12.3 Å². The summed E-state index contributed by atoms with van der Waals surface area (Å²) in [5, 5.41) is 12.1. The fraction of sp³-hybridized carbons (Fsp3) is 0.231. The molecule has 0 saturated carbocycles. The van der Waals surface area contributed by atoms with Gasteiger partial charge in [0.05, 0.1) is 21.3 Å². The molecule has 4 nitrogen and oxygen atoms in total. The maximum absolute atomic E-state index is 10.8. The number of carboxylic acid groups (broad SMARTS) is 1. The van der Waals surface area contributed by atoms with Crippen molar-refractivity contribution in [3.63, 3.8) is 0 Å². The summed E-state index contributed by atoms with van der Waals surface area (Å²) in [5.74, 6) is -0.557. The highest BCUT2D eigenvalue weighted by atomic mass is 35.5. The van der Waals surface area contributed by atoms with Gasteiger partial charge in [-0.15, -0.1) is 11.3 Å². The number of thiazole rings is 1. The van der Waals surface area contributed by atoms with Crippen molar-refractivity contribution in [3.05, 3.63) is 44.9 Å². The average Bonchev–Trinajstić information content (AvgIpc) is 2.85. The lowest BCUT2D eigenvalue weighted by molar-refractivity contribution is 0.0697. The maximum Gasteiger partial charge on any atom is 0.335 e. The fourth-order valence-corrected chi connectivity index (χ4v) is 2.44. The molecule has 1 heterocycles. The molecule has 1 aromatic heterocycles. The van der Waals surface area contributed by atoms with Gasteiger partial charge in [-0.3, -0.25) is 0 Å². The van der Waals surface area contributed by atoms with E-state index in [2.05, 4.69) is 4.98 Å². The molecule has 2 aromatic rings. The third kappa shape index (κ3) is 3.45. The van der Waals surface area contributed by atoms with Crippen molar-refractivity contribution in [2.75, 3.05) is 0 Å². The Bertz CT molecular complexity index is 597. The molecule has 1 N–H and O–H groups in total. The van der Waals surface area contributed by atoms with E-state index in [1.165, 1.54) is 12.1 Å². The van der Waals surface area contributed by atoms with Crippen molar-refractivity contribution >= 4 is 28.9 Å². The first kappa shape index (κ1) is 13.8. The quantitative estimate of drug-likeness (QED) is 0.915. The molecule has 0 amide bonds. The number of rotatable bonds is 5. The van der Waals surface area contributed by atoms with E-state index in [4.69, 9.17) is 21.4 Å². The van der Waals surface area contributed by atoms with Crippen LogP contribution in [0.25, 0.3) is 0 Å². The average molecular weight is 298 g/mol. The van der Waals surface area contributed by atoms with E-state index in [1.54, 1.807) is 17.4 Å². The third-order valence-corrected chi connectivity index (χ3v) is 3.79. The lowest BCUT2D eigenvalue weighted by Gasteiger charge is -2.07. The van der Waals surface area contributed by atoms with E-state index in [0.717, 1.165) is 17.1 Å². The first-order valence-corrected chi connectivity index (χ1v) is 6.95.